The van der Waals surface area contributed by atoms with Crippen LogP contribution in [0.2, 0.25) is 0 Å². The van der Waals surface area contributed by atoms with Gasteiger partial charge in [-0.2, -0.15) is 0 Å². The molecule has 0 fully saturated rings. The van der Waals surface area contributed by atoms with Gasteiger partial charge in [0.2, 0.25) is 0 Å². The fourth-order valence-corrected chi connectivity index (χ4v) is 1.12. The lowest BCUT2D eigenvalue weighted by molar-refractivity contribution is 0.607. The second kappa shape index (κ2) is 2.69. The van der Waals surface area contributed by atoms with Gasteiger partial charge in [-0.3, -0.25) is 0 Å². The largest absolute Gasteiger partial charge is 0.401 e. The van der Waals surface area contributed by atoms with Gasteiger partial charge in [0.05, 0.1) is 0 Å². The van der Waals surface area contributed by atoms with E-state index in [2.05, 4.69) is 13.0 Å². The molecule has 10 heavy (non-hydrogen) atoms. The summed E-state index contributed by atoms with van der Waals surface area (Å²) in [6.07, 6.45) is 7.27. The van der Waals surface area contributed by atoms with E-state index in [1.54, 1.807) is 0 Å². The summed E-state index contributed by atoms with van der Waals surface area (Å²) in [5, 5.41) is 7.08. The van der Waals surface area contributed by atoms with Gasteiger partial charge in [0.15, 0.2) is 0 Å². The molecule has 0 spiro atoms. The van der Waals surface area contributed by atoms with Gasteiger partial charge in [0.25, 0.3) is 0 Å². The minimum atomic E-state index is 0.116. The summed E-state index contributed by atoms with van der Waals surface area (Å²) < 4.78 is 0. The maximum atomic E-state index is 7.08. The number of hydrogen-bond donors (Lipinski definition) is 2. The van der Waals surface area contributed by atoms with E-state index in [0.29, 0.717) is 5.92 Å². The highest BCUT2D eigenvalue weighted by Gasteiger charge is 2.16. The average molecular weight is 136 g/mol. The highest BCUT2D eigenvalue weighted by Crippen LogP contribution is 2.20. The van der Waals surface area contributed by atoms with Crippen molar-refractivity contribution in [1.29, 1.82) is 5.41 Å². The van der Waals surface area contributed by atoms with Crippen molar-refractivity contribution in [2.45, 2.75) is 6.92 Å². The monoisotopic (exact) mass is 136 g/mol. The number of allylic oxidation sites excluding steroid dienone is 4. The topological polar surface area (TPSA) is 49.9 Å². The van der Waals surface area contributed by atoms with E-state index in [4.69, 9.17) is 11.1 Å². The van der Waals surface area contributed by atoms with E-state index in [1.807, 2.05) is 12.2 Å². The van der Waals surface area contributed by atoms with Crippen molar-refractivity contribution in [3.8, 4) is 0 Å². The molecule has 54 valence electrons. The van der Waals surface area contributed by atoms with Crippen LogP contribution >= 0.6 is 0 Å². The first kappa shape index (κ1) is 7.06. The summed E-state index contributed by atoms with van der Waals surface area (Å²) >= 11 is 0. The van der Waals surface area contributed by atoms with Crippen LogP contribution in [0.25, 0.3) is 0 Å². The first-order chi connectivity index (χ1) is 4.75. The Bertz CT molecular complexity index is 191. The second-order valence-electron chi connectivity index (χ2n) is 2.60. The third-order valence-corrected chi connectivity index (χ3v) is 1.83. The summed E-state index contributed by atoms with van der Waals surface area (Å²) in [6.45, 7) is 2.06. The number of rotatable bonds is 1. The van der Waals surface area contributed by atoms with Crippen molar-refractivity contribution < 1.29 is 0 Å². The standard InChI is InChI=1S/C8H12N2/c1-6-3-2-4-8(10)7(6)5-9/h2-7,9H,10H2,1H3/t6-,7?/m1/s1. The van der Waals surface area contributed by atoms with Gasteiger partial charge in [-0.1, -0.05) is 19.1 Å². The molecule has 2 heteroatoms. The van der Waals surface area contributed by atoms with Crippen LogP contribution < -0.4 is 5.73 Å². The zero-order valence-corrected chi connectivity index (χ0v) is 6.04. The van der Waals surface area contributed by atoms with Gasteiger partial charge in [-0.15, -0.1) is 0 Å². The Labute approximate surface area is 60.9 Å². The van der Waals surface area contributed by atoms with Crippen LogP contribution in [0, 0.1) is 17.2 Å². The van der Waals surface area contributed by atoms with Crippen molar-refractivity contribution in [3.63, 3.8) is 0 Å². The number of nitrogens with one attached hydrogen (secondary N) is 1. The molecule has 1 aliphatic rings. The molecule has 1 rings (SSSR count). The maximum Gasteiger partial charge on any atom is 0.0392 e. The van der Waals surface area contributed by atoms with Crippen molar-refractivity contribution in [3.05, 3.63) is 23.9 Å². The highest BCUT2D eigenvalue weighted by atomic mass is 14.6. The summed E-state index contributed by atoms with van der Waals surface area (Å²) in [5.41, 5.74) is 6.43. The fourth-order valence-electron chi connectivity index (χ4n) is 1.12. The van der Waals surface area contributed by atoms with Gasteiger partial charge in [-0.05, 0) is 12.0 Å². The molecule has 2 atom stereocenters. The minimum absolute atomic E-state index is 0.116. The average Bonchev–Trinajstić information content (AvgIpc) is 1.88. The van der Waals surface area contributed by atoms with Crippen LogP contribution in [0.3, 0.4) is 0 Å². The summed E-state index contributed by atoms with van der Waals surface area (Å²) in [7, 11) is 0. The molecule has 2 nitrogen and oxygen atoms in total. The van der Waals surface area contributed by atoms with Crippen LogP contribution in [-0.2, 0) is 0 Å². The quantitative estimate of drug-likeness (QED) is 0.524. The van der Waals surface area contributed by atoms with E-state index in [0.717, 1.165) is 5.70 Å². The molecule has 3 N–H and O–H groups in total. The van der Waals surface area contributed by atoms with Crippen molar-refractivity contribution >= 4 is 6.21 Å². The molecule has 1 aliphatic carbocycles. The molecule has 0 amide bonds. The Morgan fingerprint density at radius 3 is 2.80 bits per heavy atom. The molecule has 0 aromatic heterocycles. The van der Waals surface area contributed by atoms with Gasteiger partial charge in [0.1, 0.15) is 0 Å². The predicted octanol–water partition coefficient (Wildman–Crippen LogP) is 1.30. The Balaban J connectivity index is 2.80. The van der Waals surface area contributed by atoms with Gasteiger partial charge >= 0.3 is 0 Å². The van der Waals surface area contributed by atoms with Crippen molar-refractivity contribution in [1.82, 2.24) is 0 Å². The van der Waals surface area contributed by atoms with Crippen LogP contribution in [0.1, 0.15) is 6.92 Å². The lowest BCUT2D eigenvalue weighted by atomic mass is 9.88. The predicted molar refractivity (Wildman–Crippen MR) is 42.8 cm³/mol. The zero-order chi connectivity index (χ0) is 7.56. The molecular formula is C8H12N2. The Morgan fingerprint density at radius 1 is 1.70 bits per heavy atom. The van der Waals surface area contributed by atoms with E-state index < -0.39 is 0 Å². The zero-order valence-electron chi connectivity index (χ0n) is 6.04. The molecular weight excluding hydrogens is 124 g/mol. The van der Waals surface area contributed by atoms with Crippen molar-refractivity contribution in [2.24, 2.45) is 17.6 Å². The van der Waals surface area contributed by atoms with Crippen LogP contribution in [0.15, 0.2) is 23.9 Å². The lowest BCUT2D eigenvalue weighted by Crippen LogP contribution is -2.21. The molecule has 0 heterocycles. The molecule has 0 saturated heterocycles. The maximum absolute atomic E-state index is 7.08. The minimum Gasteiger partial charge on any atom is -0.401 e. The van der Waals surface area contributed by atoms with Crippen LogP contribution in [0.5, 0.6) is 0 Å². The first-order valence-corrected chi connectivity index (χ1v) is 3.40. The van der Waals surface area contributed by atoms with Gasteiger partial charge < -0.3 is 11.1 Å². The fraction of sp³-hybridized carbons (Fsp3) is 0.375. The molecule has 0 aromatic carbocycles. The van der Waals surface area contributed by atoms with Crippen LogP contribution in [0.4, 0.5) is 0 Å². The van der Waals surface area contributed by atoms with E-state index in [-0.39, 0.29) is 5.92 Å². The van der Waals surface area contributed by atoms with E-state index >= 15 is 0 Å². The summed E-state index contributed by atoms with van der Waals surface area (Å²) in [4.78, 5) is 0. The third-order valence-electron chi connectivity index (χ3n) is 1.83. The highest BCUT2D eigenvalue weighted by molar-refractivity contribution is 5.63. The SMILES string of the molecule is C[C@@H]1C=CC=C(N)C1C=N. The molecule has 0 radical (unpaired) electrons. The van der Waals surface area contributed by atoms with Crippen molar-refractivity contribution in [2.75, 3.05) is 0 Å². The van der Waals surface area contributed by atoms with E-state index in [9.17, 15) is 0 Å². The lowest BCUT2D eigenvalue weighted by Gasteiger charge is -2.19. The summed E-state index contributed by atoms with van der Waals surface area (Å²) in [5.74, 6) is 0.493. The number of nitrogens with two attached hydrogens (primary N) is 1. The smallest absolute Gasteiger partial charge is 0.0392 e. The third kappa shape index (κ3) is 1.10. The van der Waals surface area contributed by atoms with Gasteiger partial charge in [-0.25, -0.2) is 0 Å². The van der Waals surface area contributed by atoms with E-state index in [1.165, 1.54) is 6.21 Å². The normalized spacial score (nSPS) is 31.5. The molecule has 0 aliphatic heterocycles. The second-order valence-corrected chi connectivity index (χ2v) is 2.60. The Kier molecular flexibility index (Phi) is 1.90. The Hall–Kier alpha value is -1.05. The molecule has 0 aromatic rings. The van der Waals surface area contributed by atoms with Gasteiger partial charge in [0, 0.05) is 17.8 Å². The number of hydrogen-bond acceptors (Lipinski definition) is 2. The molecule has 0 bridgehead atoms. The first-order valence-electron chi connectivity index (χ1n) is 3.40. The summed E-state index contributed by atoms with van der Waals surface area (Å²) in [6, 6.07) is 0. The molecule has 1 unspecified atom stereocenters. The van der Waals surface area contributed by atoms with Crippen LogP contribution in [-0.4, -0.2) is 6.21 Å². The Morgan fingerprint density at radius 2 is 2.40 bits per heavy atom. The molecule has 0 saturated carbocycles.